The Morgan fingerprint density at radius 2 is 2.35 bits per heavy atom. The third-order valence-electron chi connectivity index (χ3n) is 2.88. The summed E-state index contributed by atoms with van der Waals surface area (Å²) in [4.78, 5) is 13.7. The Balaban J connectivity index is 2.05. The number of nitrogens with two attached hydrogens (primary N) is 1. The summed E-state index contributed by atoms with van der Waals surface area (Å²) >= 11 is 0. The Morgan fingerprint density at radius 3 is 3.12 bits per heavy atom. The second-order valence-electron chi connectivity index (χ2n) is 4.24. The van der Waals surface area contributed by atoms with Crippen molar-refractivity contribution >= 4 is 17.3 Å². The predicted octanol–water partition coefficient (Wildman–Crippen LogP) is 1.58. The normalized spacial score (nSPS) is 13.8. The standard InChI is InChI=1S/C13H18N2O2/c1-2-7-17-9-13(16)15-6-5-10-3-4-11(14)8-12(10)15/h3-4,8H,2,5-7,9,14H2,1H3. The molecule has 2 N–H and O–H groups in total. The lowest BCUT2D eigenvalue weighted by Gasteiger charge is -2.17. The van der Waals surface area contributed by atoms with Gasteiger partial charge in [0.25, 0.3) is 5.91 Å². The molecule has 0 saturated heterocycles. The monoisotopic (exact) mass is 234 g/mol. The number of hydrogen-bond donors (Lipinski definition) is 1. The van der Waals surface area contributed by atoms with Crippen molar-refractivity contribution in [1.82, 2.24) is 0 Å². The lowest BCUT2D eigenvalue weighted by molar-refractivity contribution is -0.123. The maximum atomic E-state index is 12.0. The first-order chi connectivity index (χ1) is 8.22. The van der Waals surface area contributed by atoms with Gasteiger partial charge in [-0.1, -0.05) is 13.0 Å². The third kappa shape index (κ3) is 2.58. The van der Waals surface area contributed by atoms with E-state index in [0.717, 1.165) is 25.1 Å². The summed E-state index contributed by atoms with van der Waals surface area (Å²) in [5, 5.41) is 0. The molecule has 2 rings (SSSR count). The molecule has 0 saturated carbocycles. The molecule has 0 aliphatic carbocycles. The first-order valence-electron chi connectivity index (χ1n) is 5.99. The van der Waals surface area contributed by atoms with Gasteiger partial charge < -0.3 is 15.4 Å². The topological polar surface area (TPSA) is 55.6 Å². The van der Waals surface area contributed by atoms with Crippen molar-refractivity contribution in [2.75, 3.05) is 30.4 Å². The maximum Gasteiger partial charge on any atom is 0.252 e. The fourth-order valence-corrected chi connectivity index (χ4v) is 2.04. The van der Waals surface area contributed by atoms with E-state index >= 15 is 0 Å². The Morgan fingerprint density at radius 1 is 1.53 bits per heavy atom. The van der Waals surface area contributed by atoms with Crippen LogP contribution in [0.3, 0.4) is 0 Å². The van der Waals surface area contributed by atoms with E-state index < -0.39 is 0 Å². The van der Waals surface area contributed by atoms with Crippen molar-refractivity contribution in [3.05, 3.63) is 23.8 Å². The molecule has 92 valence electrons. The molecule has 0 bridgehead atoms. The first kappa shape index (κ1) is 11.9. The van der Waals surface area contributed by atoms with Crippen molar-refractivity contribution in [2.24, 2.45) is 0 Å². The highest BCUT2D eigenvalue weighted by Gasteiger charge is 2.24. The number of carbonyl (C=O) groups is 1. The smallest absolute Gasteiger partial charge is 0.252 e. The number of fused-ring (bicyclic) bond motifs is 1. The number of hydrogen-bond acceptors (Lipinski definition) is 3. The minimum absolute atomic E-state index is 0.0165. The van der Waals surface area contributed by atoms with E-state index in [4.69, 9.17) is 10.5 Å². The summed E-state index contributed by atoms with van der Waals surface area (Å²) in [5.41, 5.74) is 8.56. The molecule has 1 aromatic rings. The Kier molecular flexibility index (Phi) is 3.64. The van der Waals surface area contributed by atoms with Gasteiger partial charge in [-0.05, 0) is 30.5 Å². The number of anilines is 2. The highest BCUT2D eigenvalue weighted by atomic mass is 16.5. The van der Waals surface area contributed by atoms with Gasteiger partial charge in [-0.3, -0.25) is 4.79 Å². The largest absolute Gasteiger partial charge is 0.399 e. The quantitative estimate of drug-likeness (QED) is 0.635. The molecule has 1 heterocycles. The van der Waals surface area contributed by atoms with E-state index in [1.165, 1.54) is 5.56 Å². The van der Waals surface area contributed by atoms with E-state index in [1.807, 2.05) is 25.1 Å². The number of benzene rings is 1. The van der Waals surface area contributed by atoms with Crippen LogP contribution >= 0.6 is 0 Å². The van der Waals surface area contributed by atoms with Crippen LogP contribution in [0.15, 0.2) is 18.2 Å². The second kappa shape index (κ2) is 5.19. The summed E-state index contributed by atoms with van der Waals surface area (Å²) in [6.07, 6.45) is 1.83. The van der Waals surface area contributed by atoms with Gasteiger partial charge in [0, 0.05) is 24.5 Å². The summed E-state index contributed by atoms with van der Waals surface area (Å²) in [6, 6.07) is 5.73. The Labute approximate surface area is 101 Å². The van der Waals surface area contributed by atoms with Gasteiger partial charge in [0.05, 0.1) is 0 Å². The maximum absolute atomic E-state index is 12.0. The van der Waals surface area contributed by atoms with E-state index in [2.05, 4.69) is 0 Å². The first-order valence-corrected chi connectivity index (χ1v) is 5.99. The van der Waals surface area contributed by atoms with Gasteiger partial charge in [0.1, 0.15) is 6.61 Å². The third-order valence-corrected chi connectivity index (χ3v) is 2.88. The van der Waals surface area contributed by atoms with Crippen LogP contribution in [-0.4, -0.2) is 25.7 Å². The molecule has 4 heteroatoms. The van der Waals surface area contributed by atoms with Crippen LogP contribution in [-0.2, 0) is 16.0 Å². The number of carbonyl (C=O) groups excluding carboxylic acids is 1. The molecule has 1 aliphatic rings. The van der Waals surface area contributed by atoms with Crippen molar-refractivity contribution in [3.63, 3.8) is 0 Å². The molecule has 0 atom stereocenters. The summed E-state index contributed by atoms with van der Waals surface area (Å²) in [7, 11) is 0. The average Bonchev–Trinajstić information content (AvgIpc) is 2.72. The number of amides is 1. The van der Waals surface area contributed by atoms with Crippen LogP contribution in [0.5, 0.6) is 0 Å². The SMILES string of the molecule is CCCOCC(=O)N1CCc2ccc(N)cc21. The van der Waals surface area contributed by atoms with Crippen molar-refractivity contribution in [3.8, 4) is 0 Å². The highest BCUT2D eigenvalue weighted by molar-refractivity contribution is 5.96. The molecule has 1 aliphatic heterocycles. The summed E-state index contributed by atoms with van der Waals surface area (Å²) in [6.45, 7) is 3.54. The van der Waals surface area contributed by atoms with Crippen LogP contribution < -0.4 is 10.6 Å². The van der Waals surface area contributed by atoms with Crippen LogP contribution in [0, 0.1) is 0 Å². The zero-order valence-corrected chi connectivity index (χ0v) is 10.1. The van der Waals surface area contributed by atoms with Crippen molar-refractivity contribution in [1.29, 1.82) is 0 Å². The number of ether oxygens (including phenoxy) is 1. The molecule has 0 radical (unpaired) electrons. The number of nitrogens with zero attached hydrogens (tertiary/aromatic N) is 1. The summed E-state index contributed by atoms with van der Waals surface area (Å²) in [5.74, 6) is 0.0165. The zero-order chi connectivity index (χ0) is 12.3. The average molecular weight is 234 g/mol. The van der Waals surface area contributed by atoms with E-state index in [0.29, 0.717) is 12.3 Å². The molecular formula is C13H18N2O2. The lowest BCUT2D eigenvalue weighted by atomic mass is 10.1. The minimum Gasteiger partial charge on any atom is -0.399 e. The van der Waals surface area contributed by atoms with Gasteiger partial charge >= 0.3 is 0 Å². The van der Waals surface area contributed by atoms with E-state index in [-0.39, 0.29) is 12.5 Å². The van der Waals surface area contributed by atoms with E-state index in [9.17, 15) is 4.79 Å². The molecule has 0 unspecified atom stereocenters. The van der Waals surface area contributed by atoms with Gasteiger partial charge in [-0.2, -0.15) is 0 Å². The molecule has 0 spiro atoms. The molecule has 1 amide bonds. The number of rotatable bonds is 4. The van der Waals surface area contributed by atoms with Crippen LogP contribution in [0.25, 0.3) is 0 Å². The van der Waals surface area contributed by atoms with Crippen molar-refractivity contribution in [2.45, 2.75) is 19.8 Å². The fourth-order valence-electron chi connectivity index (χ4n) is 2.04. The molecule has 4 nitrogen and oxygen atoms in total. The fraction of sp³-hybridized carbons (Fsp3) is 0.462. The Bertz CT molecular complexity index is 418. The van der Waals surface area contributed by atoms with E-state index in [1.54, 1.807) is 4.90 Å². The Hall–Kier alpha value is -1.55. The second-order valence-corrected chi connectivity index (χ2v) is 4.24. The van der Waals surface area contributed by atoms with Crippen molar-refractivity contribution < 1.29 is 9.53 Å². The van der Waals surface area contributed by atoms with Gasteiger partial charge in [0.2, 0.25) is 0 Å². The molecule has 1 aromatic carbocycles. The van der Waals surface area contributed by atoms with Crippen LogP contribution in [0.1, 0.15) is 18.9 Å². The van der Waals surface area contributed by atoms with Gasteiger partial charge in [-0.25, -0.2) is 0 Å². The molecule has 17 heavy (non-hydrogen) atoms. The highest BCUT2D eigenvalue weighted by Crippen LogP contribution is 2.29. The lowest BCUT2D eigenvalue weighted by Crippen LogP contribution is -2.32. The number of nitrogen functional groups attached to an aromatic ring is 1. The van der Waals surface area contributed by atoms with Gasteiger partial charge in [-0.15, -0.1) is 0 Å². The molecular weight excluding hydrogens is 216 g/mol. The molecule has 0 fully saturated rings. The van der Waals surface area contributed by atoms with Crippen LogP contribution in [0.4, 0.5) is 11.4 Å². The van der Waals surface area contributed by atoms with Gasteiger partial charge in [0.15, 0.2) is 0 Å². The minimum atomic E-state index is 0.0165. The zero-order valence-electron chi connectivity index (χ0n) is 10.1. The molecule has 0 aromatic heterocycles. The predicted molar refractivity (Wildman–Crippen MR) is 68.0 cm³/mol. The van der Waals surface area contributed by atoms with Crippen LogP contribution in [0.2, 0.25) is 0 Å². The summed E-state index contributed by atoms with van der Waals surface area (Å²) < 4.78 is 5.28.